The third kappa shape index (κ3) is 2.45. The van der Waals surface area contributed by atoms with Crippen LogP contribution in [-0.4, -0.2) is 55.2 Å². The summed E-state index contributed by atoms with van der Waals surface area (Å²) in [5, 5.41) is 8.88. The molecule has 16 heavy (non-hydrogen) atoms. The normalized spacial score (nSPS) is 26.3. The minimum absolute atomic E-state index is 0.0127. The zero-order valence-electron chi connectivity index (χ0n) is 9.39. The first-order valence-corrected chi connectivity index (χ1v) is 5.82. The smallest absolute Gasteiger partial charge is 0.320 e. The molecule has 5 nitrogen and oxygen atoms in total. The molecule has 0 N–H and O–H groups in total. The molecule has 2 aliphatic rings. The third-order valence-electron chi connectivity index (χ3n) is 3.16. The molecule has 0 saturated carbocycles. The average molecular weight is 223 g/mol. The van der Waals surface area contributed by atoms with Crippen LogP contribution < -0.4 is 0 Å². The Balaban J connectivity index is 1.90. The molecular weight excluding hydrogens is 206 g/mol. The van der Waals surface area contributed by atoms with E-state index in [2.05, 4.69) is 6.07 Å². The lowest BCUT2D eigenvalue weighted by Crippen LogP contribution is -2.50. The molecule has 0 spiro atoms. The van der Waals surface area contributed by atoms with Gasteiger partial charge in [0.2, 0.25) is 0 Å². The molecule has 2 heterocycles. The fourth-order valence-corrected chi connectivity index (χ4v) is 2.21. The van der Waals surface area contributed by atoms with Crippen LogP contribution in [0.3, 0.4) is 0 Å². The molecule has 0 bridgehead atoms. The summed E-state index contributed by atoms with van der Waals surface area (Å²) in [6.45, 7) is 3.97. The minimum atomic E-state index is 0.0127. The van der Waals surface area contributed by atoms with Crippen molar-refractivity contribution in [3.63, 3.8) is 0 Å². The van der Waals surface area contributed by atoms with Gasteiger partial charge in [0.15, 0.2) is 0 Å². The molecule has 88 valence electrons. The van der Waals surface area contributed by atoms with Crippen LogP contribution in [0.5, 0.6) is 0 Å². The molecule has 0 aliphatic carbocycles. The van der Waals surface area contributed by atoms with Crippen molar-refractivity contribution in [2.75, 3.05) is 39.4 Å². The summed E-state index contributed by atoms with van der Waals surface area (Å²) in [6.07, 6.45) is 1.86. The van der Waals surface area contributed by atoms with Gasteiger partial charge in [-0.25, -0.2) is 4.79 Å². The molecule has 2 fully saturated rings. The molecule has 1 unspecified atom stereocenters. The maximum atomic E-state index is 12.1. The van der Waals surface area contributed by atoms with Crippen molar-refractivity contribution in [1.82, 2.24) is 9.80 Å². The van der Waals surface area contributed by atoms with E-state index < -0.39 is 0 Å². The maximum absolute atomic E-state index is 12.1. The molecule has 0 aromatic carbocycles. The topological polar surface area (TPSA) is 56.6 Å². The lowest BCUT2D eigenvalue weighted by molar-refractivity contribution is 0.0404. The van der Waals surface area contributed by atoms with E-state index in [4.69, 9.17) is 10.00 Å². The van der Waals surface area contributed by atoms with Crippen LogP contribution in [0.2, 0.25) is 0 Å². The van der Waals surface area contributed by atoms with E-state index in [1.165, 1.54) is 0 Å². The molecule has 0 aromatic heterocycles. The van der Waals surface area contributed by atoms with Gasteiger partial charge in [-0.3, -0.25) is 0 Å². The van der Waals surface area contributed by atoms with Crippen molar-refractivity contribution in [2.45, 2.75) is 12.8 Å². The zero-order chi connectivity index (χ0) is 11.4. The molecular formula is C11H17N3O2. The molecule has 0 radical (unpaired) electrons. The van der Waals surface area contributed by atoms with Crippen molar-refractivity contribution in [2.24, 2.45) is 5.92 Å². The van der Waals surface area contributed by atoms with E-state index in [9.17, 15) is 4.79 Å². The number of likely N-dealkylation sites (tertiary alicyclic amines) is 1. The van der Waals surface area contributed by atoms with Crippen molar-refractivity contribution in [3.8, 4) is 6.07 Å². The number of urea groups is 1. The average Bonchev–Trinajstić information content (AvgIpc) is 2.39. The second-order valence-electron chi connectivity index (χ2n) is 4.30. The molecule has 2 rings (SSSR count). The van der Waals surface area contributed by atoms with Crippen molar-refractivity contribution < 1.29 is 9.53 Å². The molecule has 5 heteroatoms. The zero-order valence-corrected chi connectivity index (χ0v) is 9.39. The first-order chi connectivity index (χ1) is 7.81. The predicted molar refractivity (Wildman–Crippen MR) is 57.7 cm³/mol. The second-order valence-corrected chi connectivity index (χ2v) is 4.30. The number of amides is 2. The molecule has 0 aromatic rings. The van der Waals surface area contributed by atoms with E-state index in [0.29, 0.717) is 32.8 Å². The SMILES string of the molecule is N#CC1CCCN(C(=O)N2CCOCC2)C1. The number of carbonyl (C=O) groups is 1. The van der Waals surface area contributed by atoms with Gasteiger partial charge in [0.05, 0.1) is 25.2 Å². The first-order valence-electron chi connectivity index (χ1n) is 5.82. The number of hydrogen-bond donors (Lipinski definition) is 0. The number of piperidine rings is 1. The van der Waals surface area contributed by atoms with Crippen molar-refractivity contribution in [1.29, 1.82) is 5.26 Å². The predicted octanol–water partition coefficient (Wildman–Crippen LogP) is 0.674. The van der Waals surface area contributed by atoms with Crippen LogP contribution in [-0.2, 0) is 4.74 Å². The number of rotatable bonds is 0. The van der Waals surface area contributed by atoms with E-state index in [-0.39, 0.29) is 11.9 Å². The van der Waals surface area contributed by atoms with E-state index in [0.717, 1.165) is 19.4 Å². The monoisotopic (exact) mass is 223 g/mol. The number of nitriles is 1. The molecule has 2 saturated heterocycles. The van der Waals surface area contributed by atoms with Crippen LogP contribution in [0.4, 0.5) is 4.79 Å². The Morgan fingerprint density at radius 3 is 2.69 bits per heavy atom. The van der Waals surface area contributed by atoms with Gasteiger partial charge in [-0.05, 0) is 12.8 Å². The fourth-order valence-electron chi connectivity index (χ4n) is 2.21. The third-order valence-corrected chi connectivity index (χ3v) is 3.16. The second kappa shape index (κ2) is 5.17. The van der Waals surface area contributed by atoms with Gasteiger partial charge >= 0.3 is 6.03 Å². The summed E-state index contributed by atoms with van der Waals surface area (Å²) in [5.74, 6) is 0.0127. The number of nitrogens with zero attached hydrogens (tertiary/aromatic N) is 3. The highest BCUT2D eigenvalue weighted by molar-refractivity contribution is 5.74. The first kappa shape index (κ1) is 11.2. The van der Waals surface area contributed by atoms with Crippen molar-refractivity contribution >= 4 is 6.03 Å². The van der Waals surface area contributed by atoms with E-state index in [1.54, 1.807) is 0 Å². The number of carbonyl (C=O) groups excluding carboxylic acids is 1. The lowest BCUT2D eigenvalue weighted by Gasteiger charge is -2.36. The summed E-state index contributed by atoms with van der Waals surface area (Å²) < 4.78 is 5.21. The summed E-state index contributed by atoms with van der Waals surface area (Å²) in [6, 6.07) is 2.33. The lowest BCUT2D eigenvalue weighted by atomic mass is 10.00. The van der Waals surface area contributed by atoms with Crippen LogP contribution in [0.25, 0.3) is 0 Å². The Labute approximate surface area is 95.6 Å². The van der Waals surface area contributed by atoms with Crippen LogP contribution in [0.15, 0.2) is 0 Å². The Morgan fingerprint density at radius 2 is 2.00 bits per heavy atom. The van der Waals surface area contributed by atoms with Crippen LogP contribution in [0.1, 0.15) is 12.8 Å². The van der Waals surface area contributed by atoms with Gasteiger partial charge < -0.3 is 14.5 Å². The Bertz CT molecular complexity index is 294. The summed E-state index contributed by atoms with van der Waals surface area (Å²) >= 11 is 0. The molecule has 2 aliphatic heterocycles. The highest BCUT2D eigenvalue weighted by Crippen LogP contribution is 2.17. The highest BCUT2D eigenvalue weighted by Gasteiger charge is 2.27. The largest absolute Gasteiger partial charge is 0.378 e. The Kier molecular flexibility index (Phi) is 3.62. The van der Waals surface area contributed by atoms with Crippen LogP contribution in [0, 0.1) is 17.2 Å². The Morgan fingerprint density at radius 1 is 1.25 bits per heavy atom. The summed E-state index contributed by atoms with van der Waals surface area (Å²) in [4.78, 5) is 15.7. The van der Waals surface area contributed by atoms with E-state index in [1.807, 2.05) is 9.80 Å². The van der Waals surface area contributed by atoms with Gasteiger partial charge in [0.1, 0.15) is 0 Å². The number of hydrogen-bond acceptors (Lipinski definition) is 3. The van der Waals surface area contributed by atoms with Gasteiger partial charge in [0, 0.05) is 26.2 Å². The minimum Gasteiger partial charge on any atom is -0.378 e. The van der Waals surface area contributed by atoms with E-state index >= 15 is 0 Å². The number of ether oxygens (including phenoxy) is 1. The molecule has 1 atom stereocenters. The summed E-state index contributed by atoms with van der Waals surface area (Å²) in [5.41, 5.74) is 0. The number of morpholine rings is 1. The van der Waals surface area contributed by atoms with Gasteiger partial charge in [-0.15, -0.1) is 0 Å². The standard InChI is InChI=1S/C11H17N3O2/c12-8-10-2-1-3-14(9-10)11(15)13-4-6-16-7-5-13/h10H,1-7,9H2. The Hall–Kier alpha value is -1.28. The molecule has 2 amide bonds. The van der Waals surface area contributed by atoms with Crippen molar-refractivity contribution in [3.05, 3.63) is 0 Å². The maximum Gasteiger partial charge on any atom is 0.320 e. The van der Waals surface area contributed by atoms with Crippen LogP contribution >= 0.6 is 0 Å². The van der Waals surface area contributed by atoms with Gasteiger partial charge in [-0.2, -0.15) is 5.26 Å². The van der Waals surface area contributed by atoms with Gasteiger partial charge in [0.25, 0.3) is 0 Å². The quantitative estimate of drug-likeness (QED) is 0.606. The highest BCUT2D eigenvalue weighted by atomic mass is 16.5. The summed E-state index contributed by atoms with van der Waals surface area (Å²) in [7, 11) is 0. The fraction of sp³-hybridized carbons (Fsp3) is 0.818. The van der Waals surface area contributed by atoms with Gasteiger partial charge in [-0.1, -0.05) is 0 Å².